The first kappa shape index (κ1) is 15.8. The number of benzene rings is 1. The Morgan fingerprint density at radius 2 is 2.04 bits per heavy atom. The molecule has 3 aromatic rings. The Hall–Kier alpha value is -3.07. The second kappa shape index (κ2) is 6.20. The van der Waals surface area contributed by atoms with E-state index < -0.39 is 11.0 Å². The molecule has 3 rings (SSSR count). The number of fused-ring (bicyclic) bond motifs is 1. The second-order valence-corrected chi connectivity index (χ2v) is 5.33. The van der Waals surface area contributed by atoms with Crippen LogP contribution >= 0.6 is 0 Å². The highest BCUT2D eigenvalue weighted by molar-refractivity contribution is 5.75. The molecular formula is C15H15N5O4. The van der Waals surface area contributed by atoms with E-state index in [1.165, 1.54) is 33.9 Å². The molecule has 0 aliphatic rings. The maximum Gasteiger partial charge on any atom is 0.269 e. The number of aliphatic hydroxyl groups excluding tert-OH is 1. The first-order valence-electron chi connectivity index (χ1n) is 7.37. The smallest absolute Gasteiger partial charge is 0.269 e. The minimum absolute atomic E-state index is 0.0286. The zero-order valence-electron chi connectivity index (χ0n) is 12.9. The molecule has 24 heavy (non-hydrogen) atoms. The number of aromatic nitrogens is 4. The van der Waals surface area contributed by atoms with Crippen LogP contribution in [-0.4, -0.2) is 35.5 Å². The fourth-order valence-corrected chi connectivity index (χ4v) is 2.34. The molecule has 0 amide bonds. The lowest BCUT2D eigenvalue weighted by atomic mass is 10.2. The number of hydrogen-bond acceptors (Lipinski definition) is 6. The molecule has 0 radical (unpaired) electrons. The van der Waals surface area contributed by atoms with E-state index >= 15 is 0 Å². The lowest BCUT2D eigenvalue weighted by molar-refractivity contribution is -0.384. The maximum absolute atomic E-state index is 12.4. The second-order valence-electron chi connectivity index (χ2n) is 5.33. The molecule has 124 valence electrons. The summed E-state index contributed by atoms with van der Waals surface area (Å²) in [5.74, 6) is 0. The van der Waals surface area contributed by atoms with E-state index in [1.54, 1.807) is 12.1 Å². The Bertz CT molecular complexity index is 945. The van der Waals surface area contributed by atoms with Crippen LogP contribution in [0.4, 0.5) is 5.69 Å². The van der Waals surface area contributed by atoms with Crippen molar-refractivity contribution in [1.82, 2.24) is 19.3 Å². The van der Waals surface area contributed by atoms with Gasteiger partial charge in [0.2, 0.25) is 0 Å². The third-order valence-electron chi connectivity index (χ3n) is 3.74. The van der Waals surface area contributed by atoms with Crippen LogP contribution in [0.5, 0.6) is 0 Å². The molecule has 2 aromatic heterocycles. The zero-order valence-corrected chi connectivity index (χ0v) is 12.9. The highest BCUT2D eigenvalue weighted by Gasteiger charge is 2.14. The molecular weight excluding hydrogens is 314 g/mol. The van der Waals surface area contributed by atoms with Gasteiger partial charge >= 0.3 is 0 Å². The topological polar surface area (TPSA) is 116 Å². The van der Waals surface area contributed by atoms with Gasteiger partial charge in [-0.05, 0) is 18.6 Å². The van der Waals surface area contributed by atoms with E-state index in [2.05, 4.69) is 10.1 Å². The monoisotopic (exact) mass is 329 g/mol. The van der Waals surface area contributed by atoms with Gasteiger partial charge in [0.15, 0.2) is 5.65 Å². The minimum atomic E-state index is -0.619. The third kappa shape index (κ3) is 2.76. The van der Waals surface area contributed by atoms with E-state index in [0.717, 1.165) is 0 Å². The summed E-state index contributed by atoms with van der Waals surface area (Å²) in [7, 11) is 0. The molecule has 0 aliphatic heterocycles. The van der Waals surface area contributed by atoms with Gasteiger partial charge in [0.1, 0.15) is 11.7 Å². The molecule has 1 aromatic carbocycles. The zero-order chi connectivity index (χ0) is 17.3. The molecule has 0 aliphatic carbocycles. The lowest BCUT2D eigenvalue weighted by Gasteiger charge is -2.10. The van der Waals surface area contributed by atoms with Crippen molar-refractivity contribution in [3.05, 3.63) is 57.3 Å². The van der Waals surface area contributed by atoms with Crippen molar-refractivity contribution in [3.63, 3.8) is 0 Å². The van der Waals surface area contributed by atoms with Crippen LogP contribution in [-0.2, 0) is 6.54 Å². The van der Waals surface area contributed by atoms with Crippen molar-refractivity contribution in [2.75, 3.05) is 0 Å². The summed E-state index contributed by atoms with van der Waals surface area (Å²) >= 11 is 0. The van der Waals surface area contributed by atoms with Crippen LogP contribution in [0.2, 0.25) is 0 Å². The number of rotatable bonds is 5. The molecule has 9 heteroatoms. The normalized spacial score (nSPS) is 12.4. The van der Waals surface area contributed by atoms with E-state index in [4.69, 9.17) is 0 Å². The average molecular weight is 329 g/mol. The van der Waals surface area contributed by atoms with Gasteiger partial charge in [-0.25, -0.2) is 9.67 Å². The fraction of sp³-hybridized carbons (Fsp3) is 0.267. The van der Waals surface area contributed by atoms with Crippen molar-refractivity contribution in [1.29, 1.82) is 0 Å². The number of aliphatic hydroxyl groups is 1. The SMILES string of the molecule is CCC(O)Cn1cnc2c(cnn2-c2ccc([N+](=O)[O-])cc2)c1=O. The first-order chi connectivity index (χ1) is 11.5. The molecule has 1 unspecified atom stereocenters. The van der Waals surface area contributed by atoms with E-state index in [0.29, 0.717) is 23.1 Å². The molecule has 1 N–H and O–H groups in total. The number of nitrogens with zero attached hydrogens (tertiary/aromatic N) is 5. The minimum Gasteiger partial charge on any atom is -0.391 e. The Labute approximate surface area is 135 Å². The quantitative estimate of drug-likeness (QED) is 0.556. The first-order valence-corrected chi connectivity index (χ1v) is 7.37. The van der Waals surface area contributed by atoms with Crippen molar-refractivity contribution in [2.45, 2.75) is 26.0 Å². The van der Waals surface area contributed by atoms with Crippen molar-refractivity contribution in [2.24, 2.45) is 0 Å². The highest BCUT2D eigenvalue weighted by atomic mass is 16.6. The van der Waals surface area contributed by atoms with Crippen LogP contribution in [0.3, 0.4) is 0 Å². The van der Waals surface area contributed by atoms with E-state index in [-0.39, 0.29) is 17.8 Å². The predicted molar refractivity (Wildman–Crippen MR) is 86.1 cm³/mol. The number of hydrogen-bond donors (Lipinski definition) is 1. The summed E-state index contributed by atoms with van der Waals surface area (Å²) in [4.78, 5) is 26.9. The Morgan fingerprint density at radius 1 is 1.33 bits per heavy atom. The predicted octanol–water partition coefficient (Wildman–Crippen LogP) is 1.26. The summed E-state index contributed by atoms with van der Waals surface area (Å²) < 4.78 is 2.79. The van der Waals surface area contributed by atoms with Crippen LogP contribution in [0, 0.1) is 10.1 Å². The Balaban J connectivity index is 2.03. The van der Waals surface area contributed by atoms with Crippen LogP contribution in [0.25, 0.3) is 16.7 Å². The average Bonchev–Trinajstić information content (AvgIpc) is 3.02. The van der Waals surface area contributed by atoms with Gasteiger partial charge in [-0.15, -0.1) is 0 Å². The Kier molecular flexibility index (Phi) is 4.09. The highest BCUT2D eigenvalue weighted by Crippen LogP contribution is 2.17. The van der Waals surface area contributed by atoms with Crippen molar-refractivity contribution in [3.8, 4) is 5.69 Å². The summed E-state index contributed by atoms with van der Waals surface area (Å²) in [5.41, 5.74) is 0.602. The number of non-ortho nitro benzene ring substituents is 1. The van der Waals surface area contributed by atoms with E-state index in [9.17, 15) is 20.0 Å². The van der Waals surface area contributed by atoms with Crippen LogP contribution in [0.15, 0.2) is 41.6 Å². The lowest BCUT2D eigenvalue weighted by Crippen LogP contribution is -2.26. The van der Waals surface area contributed by atoms with Gasteiger partial charge < -0.3 is 5.11 Å². The molecule has 0 spiro atoms. The van der Waals surface area contributed by atoms with Gasteiger partial charge in [0.05, 0.1) is 29.5 Å². The van der Waals surface area contributed by atoms with Crippen LogP contribution < -0.4 is 5.56 Å². The molecule has 0 saturated heterocycles. The Morgan fingerprint density at radius 3 is 2.67 bits per heavy atom. The summed E-state index contributed by atoms with van der Waals surface area (Å²) in [6.07, 6.45) is 2.69. The largest absolute Gasteiger partial charge is 0.391 e. The third-order valence-corrected chi connectivity index (χ3v) is 3.74. The van der Waals surface area contributed by atoms with Gasteiger partial charge in [0.25, 0.3) is 11.2 Å². The maximum atomic E-state index is 12.4. The molecule has 9 nitrogen and oxygen atoms in total. The van der Waals surface area contributed by atoms with Gasteiger partial charge in [-0.2, -0.15) is 5.10 Å². The molecule has 0 saturated carbocycles. The van der Waals surface area contributed by atoms with Gasteiger partial charge in [0, 0.05) is 12.1 Å². The van der Waals surface area contributed by atoms with Crippen molar-refractivity contribution >= 4 is 16.7 Å². The molecule has 1 atom stereocenters. The van der Waals surface area contributed by atoms with Crippen LogP contribution in [0.1, 0.15) is 13.3 Å². The molecule has 0 fully saturated rings. The molecule has 2 heterocycles. The summed E-state index contributed by atoms with van der Waals surface area (Å²) in [6, 6.07) is 5.81. The summed E-state index contributed by atoms with van der Waals surface area (Å²) in [5, 5.41) is 24.9. The van der Waals surface area contributed by atoms with Crippen molar-refractivity contribution < 1.29 is 10.0 Å². The van der Waals surface area contributed by atoms with E-state index in [1.807, 2.05) is 6.92 Å². The van der Waals surface area contributed by atoms with Gasteiger partial charge in [-0.3, -0.25) is 19.5 Å². The summed E-state index contributed by atoms with van der Waals surface area (Å²) in [6.45, 7) is 2.00. The number of nitro groups is 1. The van der Waals surface area contributed by atoms with Gasteiger partial charge in [-0.1, -0.05) is 6.92 Å². The standard InChI is InChI=1S/C15H15N5O4/c1-2-12(21)8-18-9-16-14-13(15(18)22)7-17-19(14)10-3-5-11(6-4-10)20(23)24/h3-7,9,12,21H,2,8H2,1H3. The fourth-order valence-electron chi connectivity index (χ4n) is 2.34. The molecule has 0 bridgehead atoms. The number of nitro benzene ring substituents is 1.